The lowest BCUT2D eigenvalue weighted by atomic mass is 10.1. The van der Waals surface area contributed by atoms with Gasteiger partial charge < -0.3 is 14.5 Å². The molecule has 0 fully saturated rings. The zero-order valence-electron chi connectivity index (χ0n) is 13.7. The van der Waals surface area contributed by atoms with Crippen molar-refractivity contribution in [3.63, 3.8) is 0 Å². The fraction of sp³-hybridized carbons (Fsp3) is 0.278. The van der Waals surface area contributed by atoms with Crippen molar-refractivity contribution in [1.29, 1.82) is 0 Å². The number of para-hydroxylation sites is 1. The average Bonchev–Trinajstić information content (AvgIpc) is 2.62. The number of carbonyl (C=O) groups excluding carboxylic acids is 2. The number of anilines is 1. The van der Waals surface area contributed by atoms with Crippen LogP contribution in [0.3, 0.4) is 0 Å². The Balaban J connectivity index is 1.76. The van der Waals surface area contributed by atoms with Crippen molar-refractivity contribution >= 4 is 17.5 Å². The van der Waals surface area contributed by atoms with Crippen LogP contribution in [0.25, 0.3) is 0 Å². The molecule has 6 nitrogen and oxygen atoms in total. The summed E-state index contributed by atoms with van der Waals surface area (Å²) in [6, 6.07) is 9.15. The molecule has 0 aliphatic carbocycles. The van der Waals surface area contributed by atoms with Crippen molar-refractivity contribution in [2.45, 2.75) is 6.42 Å². The maximum Gasteiger partial charge on any atom is 0.264 e. The Morgan fingerprint density at radius 3 is 2.79 bits per heavy atom. The number of amides is 2. The van der Waals surface area contributed by atoms with Gasteiger partial charge in [-0.15, -0.1) is 0 Å². The third-order valence-electron chi connectivity index (χ3n) is 4.13. The molecule has 24 heavy (non-hydrogen) atoms. The van der Waals surface area contributed by atoms with Gasteiger partial charge in [-0.1, -0.05) is 6.07 Å². The van der Waals surface area contributed by atoms with Crippen molar-refractivity contribution in [3.8, 4) is 5.75 Å². The molecule has 0 radical (unpaired) electrons. The second-order valence-corrected chi connectivity index (χ2v) is 5.73. The molecule has 0 spiro atoms. The number of nitrogens with zero attached hydrogens (tertiary/aromatic N) is 3. The lowest BCUT2D eigenvalue weighted by Gasteiger charge is -2.28. The van der Waals surface area contributed by atoms with Crippen LogP contribution in [0.15, 0.2) is 42.7 Å². The average molecular weight is 325 g/mol. The first kappa shape index (κ1) is 16.0. The van der Waals surface area contributed by atoms with E-state index in [1.54, 1.807) is 49.6 Å². The molecule has 0 saturated heterocycles. The van der Waals surface area contributed by atoms with Gasteiger partial charge in [0.1, 0.15) is 0 Å². The highest BCUT2D eigenvalue weighted by Crippen LogP contribution is 2.35. The van der Waals surface area contributed by atoms with Gasteiger partial charge in [-0.2, -0.15) is 0 Å². The standard InChI is InChI=1S/C18H19N3O3/c1-20(11-8-13-6-9-19-10-7-13)18(23)14-4-3-5-15-17(14)24-12-16(22)21(15)2/h3-7,9-10H,8,11-12H2,1-2H3. The summed E-state index contributed by atoms with van der Waals surface area (Å²) >= 11 is 0. The number of fused-ring (bicyclic) bond motifs is 1. The first-order chi connectivity index (χ1) is 11.6. The van der Waals surface area contributed by atoms with E-state index in [4.69, 9.17) is 4.74 Å². The number of likely N-dealkylation sites (N-methyl/N-ethyl adjacent to an activating group) is 2. The van der Waals surface area contributed by atoms with E-state index in [-0.39, 0.29) is 18.4 Å². The molecule has 6 heteroatoms. The molecular weight excluding hydrogens is 306 g/mol. The molecule has 3 rings (SSSR count). The molecule has 1 aliphatic heterocycles. The minimum atomic E-state index is -0.127. The van der Waals surface area contributed by atoms with Gasteiger partial charge in [0.25, 0.3) is 11.8 Å². The van der Waals surface area contributed by atoms with Crippen LogP contribution in [0.2, 0.25) is 0 Å². The summed E-state index contributed by atoms with van der Waals surface area (Å²) < 4.78 is 5.52. The number of rotatable bonds is 4. The third kappa shape index (κ3) is 3.08. The second-order valence-electron chi connectivity index (χ2n) is 5.73. The van der Waals surface area contributed by atoms with Crippen LogP contribution in [0, 0.1) is 0 Å². The SMILES string of the molecule is CN(CCc1ccncc1)C(=O)c1cccc2c1OCC(=O)N2C. The van der Waals surface area contributed by atoms with Gasteiger partial charge in [0.15, 0.2) is 12.4 Å². The van der Waals surface area contributed by atoms with E-state index in [1.165, 1.54) is 4.90 Å². The van der Waals surface area contributed by atoms with Crippen LogP contribution in [0.4, 0.5) is 5.69 Å². The largest absolute Gasteiger partial charge is 0.481 e. The van der Waals surface area contributed by atoms with E-state index in [0.717, 1.165) is 12.0 Å². The fourth-order valence-corrected chi connectivity index (χ4v) is 2.63. The van der Waals surface area contributed by atoms with Crippen molar-refractivity contribution < 1.29 is 14.3 Å². The normalized spacial score (nSPS) is 13.2. The lowest BCUT2D eigenvalue weighted by Crippen LogP contribution is -2.37. The Morgan fingerprint density at radius 2 is 2.04 bits per heavy atom. The van der Waals surface area contributed by atoms with E-state index >= 15 is 0 Å². The molecule has 1 aliphatic rings. The maximum absolute atomic E-state index is 12.8. The summed E-state index contributed by atoms with van der Waals surface area (Å²) in [5, 5.41) is 0. The van der Waals surface area contributed by atoms with E-state index in [1.807, 2.05) is 12.1 Å². The van der Waals surface area contributed by atoms with Crippen molar-refractivity contribution in [2.75, 3.05) is 32.1 Å². The number of ether oxygens (including phenoxy) is 1. The number of benzene rings is 1. The molecule has 0 saturated carbocycles. The smallest absolute Gasteiger partial charge is 0.264 e. The third-order valence-corrected chi connectivity index (χ3v) is 4.13. The van der Waals surface area contributed by atoms with E-state index < -0.39 is 0 Å². The summed E-state index contributed by atoms with van der Waals surface area (Å²) in [6.07, 6.45) is 4.23. The lowest BCUT2D eigenvalue weighted by molar-refractivity contribution is -0.121. The van der Waals surface area contributed by atoms with Crippen LogP contribution < -0.4 is 9.64 Å². The van der Waals surface area contributed by atoms with Gasteiger partial charge in [0, 0.05) is 33.0 Å². The van der Waals surface area contributed by atoms with E-state index in [9.17, 15) is 9.59 Å². The quantitative estimate of drug-likeness (QED) is 0.859. The van der Waals surface area contributed by atoms with Crippen molar-refractivity contribution in [2.24, 2.45) is 0 Å². The minimum Gasteiger partial charge on any atom is -0.481 e. The molecule has 0 bridgehead atoms. The van der Waals surface area contributed by atoms with Crippen LogP contribution >= 0.6 is 0 Å². The van der Waals surface area contributed by atoms with Gasteiger partial charge in [-0.05, 0) is 36.2 Å². The Labute approximate surface area is 140 Å². The zero-order chi connectivity index (χ0) is 17.1. The summed E-state index contributed by atoms with van der Waals surface area (Å²) in [4.78, 5) is 31.7. The number of pyridine rings is 1. The Morgan fingerprint density at radius 1 is 1.29 bits per heavy atom. The molecule has 2 amide bonds. The Hall–Kier alpha value is -2.89. The minimum absolute atomic E-state index is 0.0471. The highest BCUT2D eigenvalue weighted by molar-refractivity contribution is 6.03. The summed E-state index contributed by atoms with van der Waals surface area (Å²) in [5.41, 5.74) is 2.23. The molecule has 1 aromatic carbocycles. The topological polar surface area (TPSA) is 62.7 Å². The summed E-state index contributed by atoms with van der Waals surface area (Å²) in [5.74, 6) is 0.224. The maximum atomic E-state index is 12.8. The Bertz CT molecular complexity index is 761. The summed E-state index contributed by atoms with van der Waals surface area (Å²) in [6.45, 7) is 0.538. The van der Waals surface area contributed by atoms with Crippen molar-refractivity contribution in [3.05, 3.63) is 53.9 Å². The molecule has 0 atom stereocenters. The molecule has 2 heterocycles. The molecule has 2 aromatic rings. The number of hydrogen-bond donors (Lipinski definition) is 0. The van der Waals surface area contributed by atoms with Gasteiger partial charge in [-0.25, -0.2) is 0 Å². The predicted molar refractivity (Wildman–Crippen MR) is 90.2 cm³/mol. The highest BCUT2D eigenvalue weighted by Gasteiger charge is 2.27. The van der Waals surface area contributed by atoms with Gasteiger partial charge in [0.2, 0.25) is 0 Å². The van der Waals surface area contributed by atoms with E-state index in [2.05, 4.69) is 4.98 Å². The monoisotopic (exact) mass is 325 g/mol. The van der Waals surface area contributed by atoms with Crippen molar-refractivity contribution in [1.82, 2.24) is 9.88 Å². The van der Waals surface area contributed by atoms with Crippen LogP contribution in [-0.2, 0) is 11.2 Å². The fourth-order valence-electron chi connectivity index (χ4n) is 2.63. The first-order valence-electron chi connectivity index (χ1n) is 7.74. The molecule has 1 aromatic heterocycles. The zero-order valence-corrected chi connectivity index (χ0v) is 13.7. The predicted octanol–water partition coefficient (Wildman–Crippen LogP) is 1.75. The Kier molecular flexibility index (Phi) is 4.46. The van der Waals surface area contributed by atoms with E-state index in [0.29, 0.717) is 23.5 Å². The van der Waals surface area contributed by atoms with Crippen LogP contribution in [-0.4, -0.2) is 48.9 Å². The highest BCUT2D eigenvalue weighted by atomic mass is 16.5. The summed E-state index contributed by atoms with van der Waals surface area (Å²) in [7, 11) is 3.45. The number of hydrogen-bond acceptors (Lipinski definition) is 4. The second kappa shape index (κ2) is 6.70. The first-order valence-corrected chi connectivity index (χ1v) is 7.74. The van der Waals surface area contributed by atoms with Gasteiger partial charge in [-0.3, -0.25) is 14.6 Å². The number of aromatic nitrogens is 1. The molecule has 0 unspecified atom stereocenters. The molecule has 0 N–H and O–H groups in total. The van der Waals surface area contributed by atoms with Crippen LogP contribution in [0.5, 0.6) is 5.75 Å². The number of carbonyl (C=O) groups is 2. The van der Waals surface area contributed by atoms with Crippen LogP contribution in [0.1, 0.15) is 15.9 Å². The van der Waals surface area contributed by atoms with Gasteiger partial charge in [0.05, 0.1) is 11.3 Å². The van der Waals surface area contributed by atoms with Gasteiger partial charge >= 0.3 is 0 Å². The molecular formula is C18H19N3O3. The molecule has 124 valence electrons.